The van der Waals surface area contributed by atoms with Gasteiger partial charge in [-0.15, -0.1) is 23.1 Å². The van der Waals surface area contributed by atoms with Crippen LogP contribution in [-0.4, -0.2) is 36.1 Å². The van der Waals surface area contributed by atoms with Crippen molar-refractivity contribution in [1.82, 2.24) is 10.2 Å². The third kappa shape index (κ3) is 4.30. The maximum absolute atomic E-state index is 12.7. The van der Waals surface area contributed by atoms with Crippen LogP contribution >= 0.6 is 23.1 Å². The lowest BCUT2D eigenvalue weighted by Gasteiger charge is -2.24. The molecule has 1 atom stereocenters. The number of nitrogens with zero attached hydrogens (tertiary/aromatic N) is 1. The highest BCUT2D eigenvalue weighted by Gasteiger charge is 2.31. The average Bonchev–Trinajstić information content (AvgIpc) is 3.31. The van der Waals surface area contributed by atoms with Gasteiger partial charge in [-0.2, -0.15) is 0 Å². The van der Waals surface area contributed by atoms with Crippen LogP contribution in [0.25, 0.3) is 0 Å². The first-order valence-electron chi connectivity index (χ1n) is 8.83. The fraction of sp³-hybridized carbons (Fsp3) is 0.400. The van der Waals surface area contributed by atoms with Gasteiger partial charge in [-0.3, -0.25) is 9.59 Å². The molecule has 1 aliphatic heterocycles. The van der Waals surface area contributed by atoms with E-state index in [0.717, 1.165) is 30.0 Å². The Labute approximate surface area is 163 Å². The maximum atomic E-state index is 12.7. The number of benzene rings is 1. The van der Waals surface area contributed by atoms with Crippen LogP contribution in [0.4, 0.5) is 0 Å². The number of amides is 2. The van der Waals surface area contributed by atoms with Crippen molar-refractivity contribution >= 4 is 34.9 Å². The number of hydrogen-bond donors (Lipinski definition) is 1. The molecule has 0 saturated carbocycles. The number of aryl methyl sites for hydroxylation is 1. The van der Waals surface area contributed by atoms with Crippen molar-refractivity contribution in [3.63, 3.8) is 0 Å². The largest absolute Gasteiger partial charge is 0.354 e. The maximum Gasteiger partial charge on any atom is 0.261 e. The van der Waals surface area contributed by atoms with Crippen LogP contribution in [0.5, 0.6) is 0 Å². The third-order valence-corrected chi connectivity index (χ3v) is 6.88. The molecule has 4 nitrogen and oxygen atoms in total. The van der Waals surface area contributed by atoms with Crippen LogP contribution in [0, 0.1) is 6.92 Å². The Morgan fingerprint density at radius 3 is 2.85 bits per heavy atom. The van der Waals surface area contributed by atoms with E-state index in [1.807, 2.05) is 29.2 Å². The van der Waals surface area contributed by atoms with Crippen molar-refractivity contribution in [1.29, 1.82) is 0 Å². The molecule has 0 aliphatic carbocycles. The molecule has 0 spiro atoms. The molecule has 0 bridgehead atoms. The van der Waals surface area contributed by atoms with Crippen molar-refractivity contribution < 1.29 is 9.59 Å². The molecule has 0 radical (unpaired) electrons. The quantitative estimate of drug-likeness (QED) is 0.813. The molecule has 2 heterocycles. The summed E-state index contributed by atoms with van der Waals surface area (Å²) in [7, 11) is 1.64. The van der Waals surface area contributed by atoms with E-state index in [2.05, 4.69) is 24.4 Å². The van der Waals surface area contributed by atoms with Crippen LogP contribution in [0.15, 0.2) is 36.4 Å². The monoisotopic (exact) mass is 388 g/mol. The van der Waals surface area contributed by atoms with Gasteiger partial charge in [0.2, 0.25) is 5.91 Å². The van der Waals surface area contributed by atoms with E-state index in [-0.39, 0.29) is 17.9 Å². The summed E-state index contributed by atoms with van der Waals surface area (Å²) in [5, 5.41) is 2.65. The first kappa shape index (κ1) is 19.0. The van der Waals surface area contributed by atoms with Gasteiger partial charge in [0.15, 0.2) is 0 Å². The molecule has 1 N–H and O–H groups in total. The molecule has 6 heteroatoms. The molecule has 2 amide bonds. The third-order valence-electron chi connectivity index (χ3n) is 4.72. The van der Waals surface area contributed by atoms with Crippen molar-refractivity contribution in [2.75, 3.05) is 19.3 Å². The SMILES string of the molecule is CNC(=O)c1ccc([C@@H]2CCCN2C(=O)CSCc2ccccc2C)s1. The minimum Gasteiger partial charge on any atom is -0.354 e. The summed E-state index contributed by atoms with van der Waals surface area (Å²) in [5.74, 6) is 1.49. The summed E-state index contributed by atoms with van der Waals surface area (Å²) < 4.78 is 0. The predicted molar refractivity (Wildman–Crippen MR) is 109 cm³/mol. The number of carbonyl (C=O) groups is 2. The van der Waals surface area contributed by atoms with Crippen LogP contribution in [0.2, 0.25) is 0 Å². The van der Waals surface area contributed by atoms with Crippen LogP contribution < -0.4 is 5.32 Å². The molecule has 1 saturated heterocycles. The van der Waals surface area contributed by atoms with Crippen LogP contribution in [-0.2, 0) is 10.5 Å². The molecule has 1 aliphatic rings. The normalized spacial score (nSPS) is 16.7. The van der Waals surface area contributed by atoms with E-state index in [4.69, 9.17) is 0 Å². The second-order valence-corrected chi connectivity index (χ2v) is 8.55. The van der Waals surface area contributed by atoms with E-state index >= 15 is 0 Å². The highest BCUT2D eigenvalue weighted by atomic mass is 32.2. The van der Waals surface area contributed by atoms with Crippen molar-refractivity contribution in [3.8, 4) is 0 Å². The highest BCUT2D eigenvalue weighted by Crippen LogP contribution is 2.36. The Morgan fingerprint density at radius 2 is 2.08 bits per heavy atom. The zero-order valence-corrected chi connectivity index (χ0v) is 16.8. The number of nitrogens with one attached hydrogen (secondary N) is 1. The van der Waals surface area contributed by atoms with E-state index < -0.39 is 0 Å². The minimum absolute atomic E-state index is 0.0640. The van der Waals surface area contributed by atoms with Crippen molar-refractivity contribution in [2.24, 2.45) is 0 Å². The van der Waals surface area contributed by atoms with E-state index in [0.29, 0.717) is 10.6 Å². The molecule has 138 valence electrons. The highest BCUT2D eigenvalue weighted by molar-refractivity contribution is 7.99. The lowest BCUT2D eigenvalue weighted by Crippen LogP contribution is -2.31. The summed E-state index contributed by atoms with van der Waals surface area (Å²) in [4.78, 5) is 28.3. The zero-order chi connectivity index (χ0) is 18.5. The van der Waals surface area contributed by atoms with Crippen molar-refractivity contribution in [2.45, 2.75) is 31.6 Å². The van der Waals surface area contributed by atoms with Crippen molar-refractivity contribution in [3.05, 3.63) is 57.3 Å². The standard InChI is InChI=1S/C20H24N2O2S2/c1-14-6-3-4-7-15(14)12-25-13-19(23)22-11-5-8-16(22)17-9-10-18(26-17)20(24)21-2/h3-4,6-7,9-10,16H,5,8,11-13H2,1-2H3,(H,21,24)/t16-/m0/s1. The number of likely N-dealkylation sites (tertiary alicyclic amines) is 1. The van der Waals surface area contributed by atoms with Crippen LogP contribution in [0.1, 0.15) is 44.6 Å². The Kier molecular flexibility index (Phi) is 6.38. The number of thioether (sulfide) groups is 1. The lowest BCUT2D eigenvalue weighted by molar-refractivity contribution is -0.129. The van der Waals surface area contributed by atoms with E-state index in [1.54, 1.807) is 18.8 Å². The first-order valence-corrected chi connectivity index (χ1v) is 10.8. The average molecular weight is 389 g/mol. The predicted octanol–water partition coefficient (Wildman–Crippen LogP) is 4.01. The van der Waals surface area contributed by atoms with Gasteiger partial charge in [-0.05, 0) is 43.0 Å². The summed E-state index contributed by atoms with van der Waals surface area (Å²) >= 11 is 3.17. The second kappa shape index (κ2) is 8.73. The van der Waals surface area contributed by atoms with Gasteiger partial charge in [0.1, 0.15) is 0 Å². The van der Waals surface area contributed by atoms with Gasteiger partial charge in [0.25, 0.3) is 5.91 Å². The van der Waals surface area contributed by atoms with Gasteiger partial charge < -0.3 is 10.2 Å². The van der Waals surface area contributed by atoms with Gasteiger partial charge in [0.05, 0.1) is 16.7 Å². The molecule has 2 aromatic rings. The summed E-state index contributed by atoms with van der Waals surface area (Å²) in [6, 6.07) is 12.3. The van der Waals surface area contributed by atoms with E-state index in [9.17, 15) is 9.59 Å². The fourth-order valence-electron chi connectivity index (χ4n) is 3.24. The van der Waals surface area contributed by atoms with Crippen LogP contribution in [0.3, 0.4) is 0 Å². The molecule has 1 fully saturated rings. The Morgan fingerprint density at radius 1 is 1.27 bits per heavy atom. The van der Waals surface area contributed by atoms with Gasteiger partial charge in [0, 0.05) is 24.2 Å². The first-order chi connectivity index (χ1) is 12.6. The number of carbonyl (C=O) groups excluding carboxylic acids is 2. The topological polar surface area (TPSA) is 49.4 Å². The summed E-state index contributed by atoms with van der Waals surface area (Å²) in [6.07, 6.45) is 1.99. The van der Waals surface area contributed by atoms with Gasteiger partial charge >= 0.3 is 0 Å². The zero-order valence-electron chi connectivity index (χ0n) is 15.2. The molecule has 0 unspecified atom stereocenters. The fourth-order valence-corrected chi connectivity index (χ4v) is 5.33. The Bertz CT molecular complexity index is 788. The Balaban J connectivity index is 1.59. The van der Waals surface area contributed by atoms with E-state index in [1.165, 1.54) is 22.5 Å². The Hall–Kier alpha value is -1.79. The molecule has 1 aromatic carbocycles. The minimum atomic E-state index is -0.0640. The second-order valence-electron chi connectivity index (χ2n) is 6.45. The van der Waals surface area contributed by atoms with Gasteiger partial charge in [-0.1, -0.05) is 24.3 Å². The van der Waals surface area contributed by atoms with Gasteiger partial charge in [-0.25, -0.2) is 0 Å². The number of thiophene rings is 1. The molecular weight excluding hydrogens is 364 g/mol. The lowest BCUT2D eigenvalue weighted by atomic mass is 10.1. The number of rotatable bonds is 6. The summed E-state index contributed by atoms with van der Waals surface area (Å²) in [5.41, 5.74) is 2.56. The molecule has 3 rings (SSSR count). The summed E-state index contributed by atoms with van der Waals surface area (Å²) in [6.45, 7) is 2.91. The molecular formula is C20H24N2O2S2. The molecule has 26 heavy (non-hydrogen) atoms. The smallest absolute Gasteiger partial charge is 0.261 e. The molecule has 1 aromatic heterocycles. The number of hydrogen-bond acceptors (Lipinski definition) is 4.